The molecule has 0 saturated carbocycles. The Bertz CT molecular complexity index is 582. The van der Waals surface area contributed by atoms with E-state index in [0.29, 0.717) is 11.3 Å². The average Bonchev–Trinajstić information content (AvgIpc) is 2.60. The van der Waals surface area contributed by atoms with Gasteiger partial charge in [0.25, 0.3) is 5.56 Å². The molecule has 0 aromatic carbocycles. The summed E-state index contributed by atoms with van der Waals surface area (Å²) in [7, 11) is 1.28. The molecule has 0 unspecified atom stereocenters. The van der Waals surface area contributed by atoms with Crippen LogP contribution in [-0.2, 0) is 4.74 Å². The van der Waals surface area contributed by atoms with E-state index in [4.69, 9.17) is 0 Å². The zero-order chi connectivity index (χ0) is 11.0. The first-order valence-corrected chi connectivity index (χ1v) is 4.30. The van der Waals surface area contributed by atoms with E-state index in [9.17, 15) is 9.59 Å². The lowest BCUT2D eigenvalue weighted by Gasteiger charge is -1.96. The number of aromatic nitrogens is 3. The normalized spacial score (nSPS) is 10.5. The van der Waals surface area contributed by atoms with Crippen molar-refractivity contribution in [2.75, 3.05) is 7.11 Å². The lowest BCUT2D eigenvalue weighted by Crippen LogP contribution is -2.10. The van der Waals surface area contributed by atoms with Gasteiger partial charge in [0, 0.05) is 6.20 Å². The summed E-state index contributed by atoms with van der Waals surface area (Å²) in [5, 5.41) is 0. The molecule has 0 bridgehead atoms. The van der Waals surface area contributed by atoms with Gasteiger partial charge in [0.1, 0.15) is 22.4 Å². The lowest BCUT2D eigenvalue weighted by atomic mass is 10.3. The molecule has 2 aromatic rings. The molecule has 2 heterocycles. The number of H-pyrrole nitrogens is 2. The van der Waals surface area contributed by atoms with Gasteiger partial charge in [-0.25, -0.2) is 9.78 Å². The van der Waals surface area contributed by atoms with Crippen LogP contribution in [0.5, 0.6) is 0 Å². The highest BCUT2D eigenvalue weighted by Gasteiger charge is 2.15. The number of methoxy groups -OCH3 is 1. The lowest BCUT2D eigenvalue weighted by molar-refractivity contribution is 0.0603. The molecule has 0 aliphatic rings. The summed E-state index contributed by atoms with van der Waals surface area (Å²) in [6.45, 7) is 1.65. The number of fused-ring (bicyclic) bond motifs is 1. The highest BCUT2D eigenvalue weighted by Crippen LogP contribution is 2.12. The number of nitrogens with zero attached hydrogens (tertiary/aromatic N) is 1. The van der Waals surface area contributed by atoms with Crippen LogP contribution in [0.3, 0.4) is 0 Å². The van der Waals surface area contributed by atoms with Crippen LogP contribution >= 0.6 is 0 Å². The Morgan fingerprint density at radius 2 is 2.27 bits per heavy atom. The van der Waals surface area contributed by atoms with Crippen molar-refractivity contribution >= 4 is 17.0 Å². The van der Waals surface area contributed by atoms with Gasteiger partial charge in [0.15, 0.2) is 0 Å². The number of ether oxygens (including phenoxy) is 1. The molecule has 0 radical (unpaired) electrons. The smallest absolute Gasteiger partial charge is 0.341 e. The van der Waals surface area contributed by atoms with E-state index in [-0.39, 0.29) is 16.6 Å². The van der Waals surface area contributed by atoms with Gasteiger partial charge in [-0.1, -0.05) is 0 Å². The Morgan fingerprint density at radius 1 is 1.53 bits per heavy atom. The molecule has 2 aromatic heterocycles. The van der Waals surface area contributed by atoms with Crippen molar-refractivity contribution in [3.8, 4) is 0 Å². The fourth-order valence-electron chi connectivity index (χ4n) is 1.39. The Kier molecular flexibility index (Phi) is 2.03. The first-order chi connectivity index (χ1) is 7.13. The minimum Gasteiger partial charge on any atom is -0.465 e. The van der Waals surface area contributed by atoms with E-state index in [1.165, 1.54) is 13.3 Å². The maximum atomic E-state index is 11.4. The third-order valence-corrected chi connectivity index (χ3v) is 2.06. The second-order valence-corrected chi connectivity index (χ2v) is 3.07. The zero-order valence-corrected chi connectivity index (χ0v) is 8.25. The van der Waals surface area contributed by atoms with Crippen molar-refractivity contribution < 1.29 is 9.53 Å². The van der Waals surface area contributed by atoms with Crippen LogP contribution in [0.4, 0.5) is 0 Å². The fourth-order valence-corrected chi connectivity index (χ4v) is 1.39. The summed E-state index contributed by atoms with van der Waals surface area (Å²) in [5.74, 6) is -0.0593. The molecule has 2 rings (SSSR count). The van der Waals surface area contributed by atoms with Crippen molar-refractivity contribution in [3.05, 3.63) is 27.9 Å². The highest BCUT2D eigenvalue weighted by molar-refractivity contribution is 6.01. The zero-order valence-electron chi connectivity index (χ0n) is 8.25. The van der Waals surface area contributed by atoms with Crippen molar-refractivity contribution in [1.82, 2.24) is 15.0 Å². The number of esters is 1. The molecule has 0 aliphatic carbocycles. The molecule has 0 aliphatic heterocycles. The number of carbonyl (C=O) groups is 1. The van der Waals surface area contributed by atoms with Crippen LogP contribution in [-0.4, -0.2) is 28.0 Å². The third kappa shape index (κ3) is 1.39. The summed E-state index contributed by atoms with van der Waals surface area (Å²) in [6.07, 6.45) is 1.41. The first kappa shape index (κ1) is 9.45. The van der Waals surface area contributed by atoms with Crippen LogP contribution in [0.1, 0.15) is 16.2 Å². The van der Waals surface area contributed by atoms with E-state index in [1.807, 2.05) is 0 Å². The van der Waals surface area contributed by atoms with Crippen LogP contribution < -0.4 is 5.56 Å². The van der Waals surface area contributed by atoms with E-state index in [2.05, 4.69) is 19.7 Å². The Labute approximate surface area is 84.3 Å². The maximum absolute atomic E-state index is 11.4. The topological polar surface area (TPSA) is 87.8 Å². The molecule has 0 atom stereocenters. The number of hydrogen-bond donors (Lipinski definition) is 2. The Morgan fingerprint density at radius 3 is 2.93 bits per heavy atom. The molecule has 0 fully saturated rings. The van der Waals surface area contributed by atoms with Gasteiger partial charge >= 0.3 is 5.97 Å². The average molecular weight is 207 g/mol. The standard InChI is InChI=1S/C9H9N3O3/c1-4-11-6-5(9(14)15-2)3-10-7(6)8(13)12-4/h3,10H,1-2H3,(H,11,12,13). The SMILES string of the molecule is COC(=O)c1c[nH]c2c(=O)[nH]c(C)nc12. The van der Waals surface area contributed by atoms with Gasteiger partial charge < -0.3 is 14.7 Å². The number of rotatable bonds is 1. The van der Waals surface area contributed by atoms with Gasteiger partial charge in [-0.2, -0.15) is 0 Å². The van der Waals surface area contributed by atoms with Gasteiger partial charge in [-0.3, -0.25) is 4.79 Å². The summed E-state index contributed by atoms with van der Waals surface area (Å²) in [6, 6.07) is 0. The maximum Gasteiger partial charge on any atom is 0.341 e. The molecular formula is C9H9N3O3. The van der Waals surface area contributed by atoms with E-state index in [0.717, 1.165) is 0 Å². The predicted octanol–water partition coefficient (Wildman–Crippen LogP) is 0.346. The fraction of sp³-hybridized carbons (Fsp3) is 0.222. The minimum atomic E-state index is -0.515. The van der Waals surface area contributed by atoms with Crippen molar-refractivity contribution in [2.24, 2.45) is 0 Å². The summed E-state index contributed by atoms with van der Waals surface area (Å²) >= 11 is 0. The van der Waals surface area contributed by atoms with Crippen LogP contribution in [0.2, 0.25) is 0 Å². The van der Waals surface area contributed by atoms with Crippen molar-refractivity contribution in [3.63, 3.8) is 0 Å². The first-order valence-electron chi connectivity index (χ1n) is 4.30. The molecule has 78 valence electrons. The largest absolute Gasteiger partial charge is 0.465 e. The number of hydrogen-bond acceptors (Lipinski definition) is 4. The number of aryl methyl sites for hydroxylation is 1. The Balaban J connectivity index is 2.80. The second-order valence-electron chi connectivity index (χ2n) is 3.07. The van der Waals surface area contributed by atoms with E-state index >= 15 is 0 Å². The monoisotopic (exact) mass is 207 g/mol. The molecule has 0 amide bonds. The van der Waals surface area contributed by atoms with E-state index < -0.39 is 5.97 Å². The molecule has 15 heavy (non-hydrogen) atoms. The Hall–Kier alpha value is -2.11. The molecule has 6 heteroatoms. The summed E-state index contributed by atoms with van der Waals surface area (Å²) < 4.78 is 4.57. The van der Waals surface area contributed by atoms with E-state index in [1.54, 1.807) is 6.92 Å². The minimum absolute atomic E-state index is 0.265. The summed E-state index contributed by atoms with van der Waals surface area (Å²) in [5.41, 5.74) is 0.582. The number of nitrogens with one attached hydrogen (secondary N) is 2. The van der Waals surface area contributed by atoms with Crippen LogP contribution in [0.15, 0.2) is 11.0 Å². The van der Waals surface area contributed by atoms with Crippen LogP contribution in [0, 0.1) is 6.92 Å². The van der Waals surface area contributed by atoms with Gasteiger partial charge in [-0.05, 0) is 6.92 Å². The third-order valence-electron chi connectivity index (χ3n) is 2.06. The molecule has 0 spiro atoms. The van der Waals surface area contributed by atoms with Gasteiger partial charge in [0.05, 0.1) is 7.11 Å². The number of aromatic amines is 2. The van der Waals surface area contributed by atoms with Crippen LogP contribution in [0.25, 0.3) is 11.0 Å². The predicted molar refractivity (Wildman–Crippen MR) is 52.8 cm³/mol. The van der Waals surface area contributed by atoms with Crippen molar-refractivity contribution in [2.45, 2.75) is 6.92 Å². The molecular weight excluding hydrogens is 198 g/mol. The molecule has 6 nitrogen and oxygen atoms in total. The number of carbonyl (C=O) groups excluding carboxylic acids is 1. The quantitative estimate of drug-likeness (QED) is 0.660. The molecule has 2 N–H and O–H groups in total. The second kappa shape index (κ2) is 3.23. The highest BCUT2D eigenvalue weighted by atomic mass is 16.5. The van der Waals surface area contributed by atoms with Gasteiger partial charge in [-0.15, -0.1) is 0 Å². The van der Waals surface area contributed by atoms with Crippen molar-refractivity contribution in [1.29, 1.82) is 0 Å². The van der Waals surface area contributed by atoms with Gasteiger partial charge in [0.2, 0.25) is 0 Å². The summed E-state index contributed by atoms with van der Waals surface area (Å²) in [4.78, 5) is 32.1. The molecule has 0 saturated heterocycles.